The maximum atomic E-state index is 13.0. The van der Waals surface area contributed by atoms with Gasteiger partial charge in [-0.2, -0.15) is 0 Å². The van der Waals surface area contributed by atoms with Crippen molar-refractivity contribution < 1.29 is 9.18 Å². The highest BCUT2D eigenvalue weighted by molar-refractivity contribution is 7.08. The second-order valence-electron chi connectivity index (χ2n) is 4.43. The molecular formula is C13H13FN2OS. The van der Waals surface area contributed by atoms with Crippen molar-refractivity contribution in [2.75, 3.05) is 0 Å². The highest BCUT2D eigenvalue weighted by atomic mass is 32.1. The van der Waals surface area contributed by atoms with E-state index < -0.39 is 0 Å². The van der Waals surface area contributed by atoms with E-state index in [1.54, 1.807) is 6.92 Å². The van der Waals surface area contributed by atoms with E-state index in [0.717, 1.165) is 11.5 Å². The van der Waals surface area contributed by atoms with Crippen molar-refractivity contribution in [3.8, 4) is 0 Å². The van der Waals surface area contributed by atoms with Crippen LogP contribution in [0.3, 0.4) is 0 Å². The predicted octanol–water partition coefficient (Wildman–Crippen LogP) is 3.34. The molecule has 0 saturated carbocycles. The zero-order valence-corrected chi connectivity index (χ0v) is 11.2. The maximum absolute atomic E-state index is 13.0. The molecule has 2 aromatic rings. The Morgan fingerprint density at radius 1 is 1.39 bits per heavy atom. The molecule has 0 bridgehead atoms. The van der Waals surface area contributed by atoms with Crippen LogP contribution in [0.5, 0.6) is 0 Å². The fourth-order valence-corrected chi connectivity index (χ4v) is 2.51. The highest BCUT2D eigenvalue weighted by Crippen LogP contribution is 2.24. The van der Waals surface area contributed by atoms with Gasteiger partial charge in [-0.15, -0.1) is 5.10 Å². The maximum Gasteiger partial charge on any atom is 0.206 e. The van der Waals surface area contributed by atoms with Crippen LogP contribution in [0.2, 0.25) is 0 Å². The van der Waals surface area contributed by atoms with E-state index in [1.165, 1.54) is 18.2 Å². The van der Waals surface area contributed by atoms with Gasteiger partial charge in [0.2, 0.25) is 5.78 Å². The molecular weight excluding hydrogens is 251 g/mol. The van der Waals surface area contributed by atoms with Gasteiger partial charge in [-0.3, -0.25) is 4.79 Å². The van der Waals surface area contributed by atoms with Gasteiger partial charge in [-0.1, -0.05) is 18.3 Å². The molecule has 5 heteroatoms. The van der Waals surface area contributed by atoms with E-state index in [2.05, 4.69) is 9.59 Å². The Balaban J connectivity index is 2.45. The fourth-order valence-electron chi connectivity index (χ4n) is 1.74. The second-order valence-corrected chi connectivity index (χ2v) is 5.18. The molecule has 0 unspecified atom stereocenters. The van der Waals surface area contributed by atoms with Crippen LogP contribution in [-0.2, 0) is 0 Å². The van der Waals surface area contributed by atoms with Crippen LogP contribution in [0.1, 0.15) is 46.3 Å². The summed E-state index contributed by atoms with van der Waals surface area (Å²) >= 11 is 1.09. The molecule has 3 nitrogen and oxygen atoms in total. The third-order valence-corrected chi connectivity index (χ3v) is 3.44. The number of benzene rings is 1. The molecule has 0 spiro atoms. The third-order valence-electron chi connectivity index (χ3n) is 2.70. The molecule has 1 aromatic heterocycles. The number of nitrogens with zero attached hydrogens (tertiary/aromatic N) is 2. The first-order valence-corrected chi connectivity index (χ1v) is 6.41. The van der Waals surface area contributed by atoms with E-state index in [-0.39, 0.29) is 17.5 Å². The van der Waals surface area contributed by atoms with Crippen LogP contribution in [0.15, 0.2) is 18.2 Å². The monoisotopic (exact) mass is 264 g/mol. The molecule has 0 aliphatic heterocycles. The minimum absolute atomic E-state index is 0.133. The third kappa shape index (κ3) is 2.31. The van der Waals surface area contributed by atoms with Crippen LogP contribution in [-0.4, -0.2) is 15.4 Å². The summed E-state index contributed by atoms with van der Waals surface area (Å²) in [6.07, 6.45) is 0. The van der Waals surface area contributed by atoms with Crippen molar-refractivity contribution in [3.63, 3.8) is 0 Å². The van der Waals surface area contributed by atoms with Gasteiger partial charge in [0, 0.05) is 5.56 Å². The first-order chi connectivity index (χ1) is 8.50. The lowest BCUT2D eigenvalue weighted by Gasteiger charge is -2.06. The summed E-state index contributed by atoms with van der Waals surface area (Å²) in [6.45, 7) is 5.65. The summed E-state index contributed by atoms with van der Waals surface area (Å²) in [5, 5.41) is 3.98. The Kier molecular flexibility index (Phi) is 3.52. The van der Waals surface area contributed by atoms with Crippen LogP contribution < -0.4 is 0 Å². The number of rotatable bonds is 3. The molecule has 1 aromatic carbocycles. The number of hydrogen-bond donors (Lipinski definition) is 0. The summed E-state index contributed by atoms with van der Waals surface area (Å²) in [5.74, 6) is -0.329. The first-order valence-electron chi connectivity index (χ1n) is 5.63. The van der Waals surface area contributed by atoms with Gasteiger partial charge in [-0.25, -0.2) is 4.39 Å². The van der Waals surface area contributed by atoms with Crippen molar-refractivity contribution in [2.45, 2.75) is 26.7 Å². The lowest BCUT2D eigenvalue weighted by molar-refractivity contribution is 0.104. The van der Waals surface area contributed by atoms with E-state index in [9.17, 15) is 9.18 Å². The standard InChI is InChI=1S/C13H13FN2OS/c1-7(2)11-13(18-16-15-11)12(17)10-5-4-9(14)6-8(10)3/h4-7H,1-3H3. The van der Waals surface area contributed by atoms with Gasteiger partial charge in [-0.05, 0) is 48.1 Å². The Labute approximate surface area is 109 Å². The molecule has 0 N–H and O–H groups in total. The Morgan fingerprint density at radius 2 is 2.11 bits per heavy atom. The lowest BCUT2D eigenvalue weighted by Crippen LogP contribution is -2.06. The smallest absolute Gasteiger partial charge is 0.206 e. The Hall–Kier alpha value is -1.62. The van der Waals surface area contributed by atoms with E-state index in [1.807, 2.05) is 13.8 Å². The summed E-state index contributed by atoms with van der Waals surface area (Å²) in [6, 6.07) is 4.16. The van der Waals surface area contributed by atoms with Crippen LogP contribution in [0.25, 0.3) is 0 Å². The Morgan fingerprint density at radius 3 is 2.72 bits per heavy atom. The summed E-state index contributed by atoms with van der Waals surface area (Å²) in [5.41, 5.74) is 1.83. The fraction of sp³-hybridized carbons (Fsp3) is 0.308. The predicted molar refractivity (Wildman–Crippen MR) is 68.6 cm³/mol. The number of aromatic nitrogens is 2. The van der Waals surface area contributed by atoms with Gasteiger partial charge in [0.15, 0.2) is 0 Å². The largest absolute Gasteiger partial charge is 0.288 e. The number of aryl methyl sites for hydroxylation is 1. The van der Waals surface area contributed by atoms with Crippen molar-refractivity contribution in [2.24, 2.45) is 0 Å². The van der Waals surface area contributed by atoms with E-state index >= 15 is 0 Å². The van der Waals surface area contributed by atoms with Crippen LogP contribution in [0, 0.1) is 12.7 Å². The number of carbonyl (C=O) groups is 1. The van der Waals surface area contributed by atoms with Gasteiger partial charge in [0.1, 0.15) is 10.7 Å². The first kappa shape index (κ1) is 12.8. The minimum atomic E-state index is -0.337. The van der Waals surface area contributed by atoms with Gasteiger partial charge < -0.3 is 0 Å². The van der Waals surface area contributed by atoms with Crippen LogP contribution >= 0.6 is 11.5 Å². The topological polar surface area (TPSA) is 42.9 Å². The number of ketones is 1. The highest BCUT2D eigenvalue weighted by Gasteiger charge is 2.21. The number of carbonyl (C=O) groups excluding carboxylic acids is 1. The normalized spacial score (nSPS) is 10.9. The van der Waals surface area contributed by atoms with E-state index in [4.69, 9.17) is 0 Å². The molecule has 0 radical (unpaired) electrons. The number of hydrogen-bond acceptors (Lipinski definition) is 4. The van der Waals surface area contributed by atoms with Gasteiger partial charge >= 0.3 is 0 Å². The second kappa shape index (κ2) is 4.94. The molecule has 0 aliphatic rings. The molecule has 0 atom stereocenters. The summed E-state index contributed by atoms with van der Waals surface area (Å²) in [7, 11) is 0. The average molecular weight is 264 g/mol. The van der Waals surface area contributed by atoms with Crippen molar-refractivity contribution in [1.29, 1.82) is 0 Å². The van der Waals surface area contributed by atoms with Gasteiger partial charge in [0.05, 0.1) is 5.69 Å². The molecule has 1 heterocycles. The van der Waals surface area contributed by atoms with Crippen LogP contribution in [0.4, 0.5) is 4.39 Å². The zero-order valence-electron chi connectivity index (χ0n) is 10.4. The SMILES string of the molecule is Cc1cc(F)ccc1C(=O)c1snnc1C(C)C. The minimum Gasteiger partial charge on any atom is -0.288 e. The van der Waals surface area contributed by atoms with E-state index in [0.29, 0.717) is 21.7 Å². The molecule has 0 amide bonds. The number of halogens is 1. The van der Waals surface area contributed by atoms with Crippen molar-refractivity contribution in [1.82, 2.24) is 9.59 Å². The molecule has 2 rings (SSSR count). The summed E-state index contributed by atoms with van der Waals surface area (Å²) in [4.78, 5) is 12.9. The Bertz CT molecular complexity index is 592. The van der Waals surface area contributed by atoms with Crippen molar-refractivity contribution in [3.05, 3.63) is 45.7 Å². The van der Waals surface area contributed by atoms with Gasteiger partial charge in [0.25, 0.3) is 0 Å². The molecule has 94 valence electrons. The lowest BCUT2D eigenvalue weighted by atomic mass is 10.0. The molecule has 0 aliphatic carbocycles. The molecule has 0 fully saturated rings. The molecule has 18 heavy (non-hydrogen) atoms. The summed E-state index contributed by atoms with van der Waals surface area (Å²) < 4.78 is 16.9. The zero-order chi connectivity index (χ0) is 13.3. The molecule has 0 saturated heterocycles. The quantitative estimate of drug-likeness (QED) is 0.798. The average Bonchev–Trinajstić information content (AvgIpc) is 2.77. The van der Waals surface area contributed by atoms with Crippen molar-refractivity contribution >= 4 is 17.3 Å².